The minimum absolute atomic E-state index is 0.00994. The SMILES string of the molecule is O=C(CCC(=O)c1nnsc1Nc1ccccc1)c1nnsc1Nc1ccccc1. The topological polar surface area (TPSA) is 110 Å². The average molecular weight is 437 g/mol. The lowest BCUT2D eigenvalue weighted by Gasteiger charge is -2.05. The third-order valence-electron chi connectivity index (χ3n) is 4.15. The summed E-state index contributed by atoms with van der Waals surface area (Å²) in [6.45, 7) is 0. The molecule has 0 aliphatic heterocycles. The molecule has 30 heavy (non-hydrogen) atoms. The molecule has 2 aromatic carbocycles. The fourth-order valence-electron chi connectivity index (χ4n) is 2.68. The third-order valence-corrected chi connectivity index (χ3v) is 5.43. The fourth-order valence-corrected chi connectivity index (χ4v) is 3.90. The molecule has 8 nitrogen and oxygen atoms in total. The second-order valence-electron chi connectivity index (χ2n) is 6.23. The molecule has 0 saturated carbocycles. The zero-order valence-corrected chi connectivity index (χ0v) is 17.2. The number of nitrogens with one attached hydrogen (secondary N) is 2. The van der Waals surface area contributed by atoms with Gasteiger partial charge in [0, 0.05) is 47.3 Å². The zero-order chi connectivity index (χ0) is 20.8. The van der Waals surface area contributed by atoms with Gasteiger partial charge in [0.1, 0.15) is 10.0 Å². The maximum atomic E-state index is 12.6. The number of carbonyl (C=O) groups is 2. The Hall–Kier alpha value is -3.50. The molecular formula is C20H16N6O2S2. The first-order valence-electron chi connectivity index (χ1n) is 9.06. The normalized spacial score (nSPS) is 10.5. The van der Waals surface area contributed by atoms with E-state index in [1.54, 1.807) is 0 Å². The molecule has 0 radical (unpaired) electrons. The van der Waals surface area contributed by atoms with Crippen LogP contribution in [0.5, 0.6) is 0 Å². The van der Waals surface area contributed by atoms with Crippen LogP contribution in [0.3, 0.4) is 0 Å². The van der Waals surface area contributed by atoms with Crippen molar-refractivity contribution in [3.8, 4) is 0 Å². The third kappa shape index (κ3) is 4.73. The molecule has 2 heterocycles. The van der Waals surface area contributed by atoms with Gasteiger partial charge in [-0.2, -0.15) is 0 Å². The van der Waals surface area contributed by atoms with Gasteiger partial charge in [-0.05, 0) is 24.3 Å². The molecule has 0 atom stereocenters. The number of hydrogen-bond donors (Lipinski definition) is 2. The molecule has 0 saturated heterocycles. The molecule has 0 aliphatic rings. The zero-order valence-electron chi connectivity index (χ0n) is 15.6. The summed E-state index contributed by atoms with van der Waals surface area (Å²) in [4.78, 5) is 25.3. The van der Waals surface area contributed by atoms with E-state index in [1.165, 1.54) is 0 Å². The van der Waals surface area contributed by atoms with Crippen LogP contribution in [0.25, 0.3) is 0 Å². The first-order chi connectivity index (χ1) is 14.7. The van der Waals surface area contributed by atoms with Crippen molar-refractivity contribution in [2.45, 2.75) is 12.8 Å². The number of rotatable bonds is 9. The van der Waals surface area contributed by atoms with E-state index in [1.807, 2.05) is 60.7 Å². The molecule has 0 spiro atoms. The minimum atomic E-state index is -0.253. The summed E-state index contributed by atoms with van der Waals surface area (Å²) in [6.07, 6.45) is 0.0199. The van der Waals surface area contributed by atoms with E-state index < -0.39 is 0 Å². The van der Waals surface area contributed by atoms with Crippen molar-refractivity contribution in [1.82, 2.24) is 19.2 Å². The molecule has 2 N–H and O–H groups in total. The molecule has 4 aromatic rings. The lowest BCUT2D eigenvalue weighted by Crippen LogP contribution is -2.09. The van der Waals surface area contributed by atoms with E-state index in [0.717, 1.165) is 34.4 Å². The average Bonchev–Trinajstić information content (AvgIpc) is 3.43. The smallest absolute Gasteiger partial charge is 0.186 e. The van der Waals surface area contributed by atoms with E-state index in [0.29, 0.717) is 10.0 Å². The van der Waals surface area contributed by atoms with Crippen molar-refractivity contribution in [1.29, 1.82) is 0 Å². The van der Waals surface area contributed by atoms with Gasteiger partial charge in [0.05, 0.1) is 0 Å². The Morgan fingerprint density at radius 2 is 1.07 bits per heavy atom. The molecule has 0 fully saturated rings. The second-order valence-corrected chi connectivity index (χ2v) is 7.74. The fraction of sp³-hybridized carbons (Fsp3) is 0.100. The van der Waals surface area contributed by atoms with E-state index in [9.17, 15) is 9.59 Å². The van der Waals surface area contributed by atoms with Gasteiger partial charge in [0.25, 0.3) is 0 Å². The van der Waals surface area contributed by atoms with E-state index in [4.69, 9.17) is 0 Å². The van der Waals surface area contributed by atoms with Gasteiger partial charge in [-0.25, -0.2) is 0 Å². The van der Waals surface area contributed by atoms with Crippen molar-refractivity contribution in [2.75, 3.05) is 10.6 Å². The summed E-state index contributed by atoms with van der Waals surface area (Å²) in [7, 11) is 0. The van der Waals surface area contributed by atoms with Crippen LogP contribution in [0.4, 0.5) is 21.4 Å². The number of para-hydroxylation sites is 2. The molecule has 0 bridgehead atoms. The van der Waals surface area contributed by atoms with Gasteiger partial charge in [-0.3, -0.25) is 9.59 Å². The molecule has 2 aromatic heterocycles. The predicted molar refractivity (Wildman–Crippen MR) is 117 cm³/mol. The van der Waals surface area contributed by atoms with Crippen LogP contribution in [0, 0.1) is 0 Å². The Morgan fingerprint density at radius 1 is 0.667 bits per heavy atom. The lowest BCUT2D eigenvalue weighted by molar-refractivity contribution is 0.0913. The Morgan fingerprint density at radius 3 is 1.47 bits per heavy atom. The summed E-state index contributed by atoms with van der Waals surface area (Å²) in [5.41, 5.74) is 2.13. The second kappa shape index (κ2) is 9.33. The number of nitrogens with zero attached hydrogens (tertiary/aromatic N) is 4. The number of benzene rings is 2. The van der Waals surface area contributed by atoms with Crippen molar-refractivity contribution in [2.24, 2.45) is 0 Å². The van der Waals surface area contributed by atoms with E-state index in [2.05, 4.69) is 29.8 Å². The molecular weight excluding hydrogens is 420 g/mol. The summed E-state index contributed by atoms with van der Waals surface area (Å²) in [5, 5.41) is 15.3. The highest BCUT2D eigenvalue weighted by Gasteiger charge is 2.21. The van der Waals surface area contributed by atoms with Crippen LogP contribution in [-0.2, 0) is 0 Å². The number of hydrogen-bond acceptors (Lipinski definition) is 10. The molecule has 150 valence electrons. The molecule has 0 aliphatic carbocycles. The summed E-state index contributed by atoms with van der Waals surface area (Å²) in [5.74, 6) is -0.507. The summed E-state index contributed by atoms with van der Waals surface area (Å²) >= 11 is 2.20. The summed E-state index contributed by atoms with van der Waals surface area (Å²) < 4.78 is 7.74. The number of anilines is 4. The quantitative estimate of drug-likeness (QED) is 0.363. The van der Waals surface area contributed by atoms with Crippen LogP contribution in [0.1, 0.15) is 33.8 Å². The van der Waals surface area contributed by atoms with Gasteiger partial charge >= 0.3 is 0 Å². The molecule has 4 rings (SSSR count). The number of aromatic nitrogens is 4. The van der Waals surface area contributed by atoms with Crippen molar-refractivity contribution in [3.63, 3.8) is 0 Å². The highest BCUT2D eigenvalue weighted by atomic mass is 32.1. The molecule has 0 unspecified atom stereocenters. The van der Waals surface area contributed by atoms with Gasteiger partial charge in [0.2, 0.25) is 0 Å². The Labute approximate surface area is 180 Å². The maximum Gasteiger partial charge on any atom is 0.186 e. The largest absolute Gasteiger partial charge is 0.344 e. The van der Waals surface area contributed by atoms with Crippen molar-refractivity contribution in [3.05, 3.63) is 72.1 Å². The lowest BCUT2D eigenvalue weighted by atomic mass is 10.1. The predicted octanol–water partition coefficient (Wildman–Crippen LogP) is 4.72. The first kappa shape index (κ1) is 19.8. The standard InChI is InChI=1S/C20H16N6O2S2/c27-15(17-19(29-25-23-17)21-13-7-3-1-4-8-13)11-12-16(28)18-20(30-26-24-18)22-14-9-5-2-6-10-14/h1-10,21-22H,11-12H2. The van der Waals surface area contributed by atoms with E-state index >= 15 is 0 Å². The number of carbonyl (C=O) groups excluding carboxylic acids is 2. The van der Waals surface area contributed by atoms with Crippen LogP contribution in [0.15, 0.2) is 60.7 Å². The van der Waals surface area contributed by atoms with E-state index in [-0.39, 0.29) is 35.8 Å². The maximum absolute atomic E-state index is 12.6. The Kier molecular flexibility index (Phi) is 6.16. The minimum Gasteiger partial charge on any atom is -0.344 e. The van der Waals surface area contributed by atoms with Gasteiger partial charge in [-0.1, -0.05) is 45.4 Å². The van der Waals surface area contributed by atoms with Crippen molar-refractivity contribution < 1.29 is 9.59 Å². The van der Waals surface area contributed by atoms with Crippen LogP contribution in [0.2, 0.25) is 0 Å². The van der Waals surface area contributed by atoms with Crippen LogP contribution < -0.4 is 10.6 Å². The van der Waals surface area contributed by atoms with Gasteiger partial charge in [-0.15, -0.1) is 10.2 Å². The monoisotopic (exact) mass is 436 g/mol. The summed E-state index contributed by atoms with van der Waals surface area (Å²) in [6, 6.07) is 18.9. The van der Waals surface area contributed by atoms with Crippen LogP contribution >= 0.6 is 23.1 Å². The van der Waals surface area contributed by atoms with Crippen molar-refractivity contribution >= 4 is 56.0 Å². The molecule has 10 heteroatoms. The number of Topliss-reactive ketones (excluding diaryl/α,β-unsaturated/α-hetero) is 2. The number of ketones is 2. The Balaban J connectivity index is 1.39. The highest BCUT2D eigenvalue weighted by molar-refractivity contribution is 7.10. The first-order valence-corrected chi connectivity index (χ1v) is 10.6. The highest BCUT2D eigenvalue weighted by Crippen LogP contribution is 2.26. The van der Waals surface area contributed by atoms with Gasteiger partial charge in [0.15, 0.2) is 23.0 Å². The molecule has 0 amide bonds. The Bertz CT molecular complexity index is 1050. The van der Waals surface area contributed by atoms with Gasteiger partial charge < -0.3 is 10.6 Å². The van der Waals surface area contributed by atoms with Crippen LogP contribution in [-0.4, -0.2) is 30.7 Å².